The van der Waals surface area contributed by atoms with E-state index in [0.29, 0.717) is 0 Å². The minimum absolute atomic E-state index is 0. The first kappa shape index (κ1) is 14.2. The fourth-order valence-corrected chi connectivity index (χ4v) is 1.29. The SMILES string of the molecule is CCc1nc(C(=O)O)cs1.[Li+].[OH-]. The molecule has 1 aromatic rings. The number of carboxylic acid groups (broad SMARTS) is 1. The zero-order valence-electron chi connectivity index (χ0n) is 6.94. The molecule has 0 aliphatic rings. The molecule has 0 aliphatic carbocycles. The average molecular weight is 181 g/mol. The number of hydrogen-bond donors (Lipinski definition) is 1. The van der Waals surface area contributed by atoms with Crippen LogP contribution in [0.3, 0.4) is 0 Å². The summed E-state index contributed by atoms with van der Waals surface area (Å²) in [6.07, 6.45) is 0.804. The summed E-state index contributed by atoms with van der Waals surface area (Å²) >= 11 is 1.39. The molecule has 1 heterocycles. The second kappa shape index (κ2) is 6.20. The third-order valence-corrected chi connectivity index (χ3v) is 2.07. The molecule has 0 atom stereocenters. The van der Waals surface area contributed by atoms with Crippen molar-refractivity contribution in [1.29, 1.82) is 0 Å². The van der Waals surface area contributed by atoms with Gasteiger partial charge in [0, 0.05) is 5.38 Å². The van der Waals surface area contributed by atoms with Crippen LogP contribution >= 0.6 is 11.3 Å². The molecule has 12 heavy (non-hydrogen) atoms. The first-order chi connectivity index (χ1) is 4.74. The molecule has 6 heteroatoms. The molecular formula is C6H8LiNO3S. The number of aryl methyl sites for hydroxylation is 1. The van der Waals surface area contributed by atoms with E-state index in [4.69, 9.17) is 5.11 Å². The van der Waals surface area contributed by atoms with Crippen molar-refractivity contribution < 1.29 is 34.2 Å². The topological polar surface area (TPSA) is 80.2 Å². The summed E-state index contributed by atoms with van der Waals surface area (Å²) in [7, 11) is 0. The Hall–Kier alpha value is -0.343. The Morgan fingerprint density at radius 1 is 1.75 bits per heavy atom. The van der Waals surface area contributed by atoms with Crippen molar-refractivity contribution in [2.45, 2.75) is 13.3 Å². The monoisotopic (exact) mass is 181 g/mol. The minimum Gasteiger partial charge on any atom is -0.870 e. The predicted octanol–water partition coefficient (Wildman–Crippen LogP) is -1.77. The van der Waals surface area contributed by atoms with Crippen LogP contribution in [-0.2, 0) is 6.42 Å². The van der Waals surface area contributed by atoms with E-state index in [1.165, 1.54) is 11.3 Å². The van der Waals surface area contributed by atoms with Gasteiger partial charge >= 0.3 is 24.8 Å². The summed E-state index contributed by atoms with van der Waals surface area (Å²) in [6.45, 7) is 1.95. The van der Waals surface area contributed by atoms with Crippen LogP contribution in [0, 0.1) is 0 Å². The van der Waals surface area contributed by atoms with Crippen molar-refractivity contribution in [3.63, 3.8) is 0 Å². The molecule has 0 bridgehead atoms. The Labute approximate surface area is 86.1 Å². The number of carboxylic acids is 1. The molecular weight excluding hydrogens is 173 g/mol. The van der Waals surface area contributed by atoms with Crippen molar-refractivity contribution in [3.8, 4) is 0 Å². The zero-order valence-corrected chi connectivity index (χ0v) is 7.76. The van der Waals surface area contributed by atoms with Gasteiger partial charge in [-0.3, -0.25) is 0 Å². The number of rotatable bonds is 2. The molecule has 0 fully saturated rings. The Kier molecular flexibility index (Phi) is 7.34. The van der Waals surface area contributed by atoms with Gasteiger partial charge in [-0.05, 0) is 6.42 Å². The van der Waals surface area contributed by atoms with Gasteiger partial charge < -0.3 is 10.6 Å². The Balaban J connectivity index is 0. The molecule has 0 aromatic carbocycles. The fourth-order valence-electron chi connectivity index (χ4n) is 0.572. The van der Waals surface area contributed by atoms with Crippen LogP contribution < -0.4 is 18.9 Å². The number of hydrogen-bond acceptors (Lipinski definition) is 4. The maximum atomic E-state index is 10.3. The van der Waals surface area contributed by atoms with Crippen LogP contribution in [0.15, 0.2) is 5.38 Å². The summed E-state index contributed by atoms with van der Waals surface area (Å²) in [6, 6.07) is 0. The largest absolute Gasteiger partial charge is 1.00 e. The number of nitrogens with zero attached hydrogens (tertiary/aromatic N) is 1. The third kappa shape index (κ3) is 3.37. The van der Waals surface area contributed by atoms with Crippen molar-refractivity contribution in [1.82, 2.24) is 4.98 Å². The van der Waals surface area contributed by atoms with Gasteiger partial charge in [-0.2, -0.15) is 0 Å². The number of thiazole rings is 1. The van der Waals surface area contributed by atoms with Gasteiger partial charge in [0.15, 0.2) is 5.69 Å². The molecule has 0 aliphatic heterocycles. The van der Waals surface area contributed by atoms with Gasteiger partial charge in [-0.1, -0.05) is 6.92 Å². The maximum absolute atomic E-state index is 10.3. The Morgan fingerprint density at radius 2 is 2.33 bits per heavy atom. The molecule has 1 aromatic heterocycles. The summed E-state index contributed by atoms with van der Waals surface area (Å²) in [5.74, 6) is -0.948. The van der Waals surface area contributed by atoms with Crippen molar-refractivity contribution >= 4 is 17.3 Å². The first-order valence-corrected chi connectivity index (χ1v) is 3.79. The Morgan fingerprint density at radius 3 is 2.58 bits per heavy atom. The van der Waals surface area contributed by atoms with E-state index in [-0.39, 0.29) is 30.0 Å². The van der Waals surface area contributed by atoms with E-state index in [2.05, 4.69) is 4.98 Å². The normalized spacial score (nSPS) is 8.08. The third-order valence-electron chi connectivity index (χ3n) is 1.07. The molecule has 0 saturated carbocycles. The number of aromatic carboxylic acids is 1. The molecule has 2 N–H and O–H groups in total. The summed E-state index contributed by atoms with van der Waals surface area (Å²) in [4.78, 5) is 14.1. The molecule has 62 valence electrons. The summed E-state index contributed by atoms with van der Waals surface area (Å²) in [5, 5.41) is 10.9. The maximum Gasteiger partial charge on any atom is 1.00 e. The molecule has 0 radical (unpaired) electrons. The smallest absolute Gasteiger partial charge is 0.870 e. The second-order valence-corrected chi connectivity index (χ2v) is 2.73. The van der Waals surface area contributed by atoms with Crippen LogP contribution in [0.1, 0.15) is 22.4 Å². The van der Waals surface area contributed by atoms with E-state index >= 15 is 0 Å². The zero-order chi connectivity index (χ0) is 7.56. The molecule has 0 spiro atoms. The number of carbonyl (C=O) groups is 1. The summed E-state index contributed by atoms with van der Waals surface area (Å²) < 4.78 is 0. The first-order valence-electron chi connectivity index (χ1n) is 2.91. The molecule has 1 rings (SSSR count). The number of aromatic nitrogens is 1. The fraction of sp³-hybridized carbons (Fsp3) is 0.333. The van der Waals surface area contributed by atoms with Crippen molar-refractivity contribution in [2.24, 2.45) is 0 Å². The second-order valence-electron chi connectivity index (χ2n) is 1.79. The van der Waals surface area contributed by atoms with E-state index in [1.807, 2.05) is 6.92 Å². The van der Waals surface area contributed by atoms with E-state index < -0.39 is 5.97 Å². The van der Waals surface area contributed by atoms with Gasteiger partial charge in [0.1, 0.15) is 0 Å². The van der Waals surface area contributed by atoms with Crippen LogP contribution in [0.25, 0.3) is 0 Å². The molecule has 0 unspecified atom stereocenters. The predicted molar refractivity (Wildman–Crippen MR) is 40.4 cm³/mol. The molecule has 4 nitrogen and oxygen atoms in total. The van der Waals surface area contributed by atoms with Gasteiger partial charge in [-0.25, -0.2) is 9.78 Å². The van der Waals surface area contributed by atoms with Crippen LogP contribution in [0.5, 0.6) is 0 Å². The van der Waals surface area contributed by atoms with Crippen molar-refractivity contribution in [3.05, 3.63) is 16.1 Å². The average Bonchev–Trinajstić information content (AvgIpc) is 2.34. The van der Waals surface area contributed by atoms with Crippen molar-refractivity contribution in [2.75, 3.05) is 0 Å². The van der Waals surface area contributed by atoms with E-state index in [0.717, 1.165) is 11.4 Å². The van der Waals surface area contributed by atoms with E-state index in [1.54, 1.807) is 5.38 Å². The Bertz CT molecular complexity index is 251. The van der Waals surface area contributed by atoms with Gasteiger partial charge in [-0.15, -0.1) is 11.3 Å². The van der Waals surface area contributed by atoms with Crippen LogP contribution in [0.4, 0.5) is 0 Å². The standard InChI is InChI=1S/C6H7NO2S.Li.H2O/c1-2-5-7-4(3-10-5)6(8)9;;/h3H,2H2,1H3,(H,8,9);;1H2/q;+1;/p-1. The van der Waals surface area contributed by atoms with Crippen LogP contribution in [0.2, 0.25) is 0 Å². The van der Waals surface area contributed by atoms with Crippen LogP contribution in [-0.4, -0.2) is 21.5 Å². The molecule has 0 saturated heterocycles. The quantitative estimate of drug-likeness (QED) is 0.547. The van der Waals surface area contributed by atoms with E-state index in [9.17, 15) is 4.79 Å². The van der Waals surface area contributed by atoms with Gasteiger partial charge in [0.25, 0.3) is 0 Å². The minimum atomic E-state index is -0.948. The molecule has 0 amide bonds. The summed E-state index contributed by atoms with van der Waals surface area (Å²) in [5.41, 5.74) is 0.154. The van der Waals surface area contributed by atoms with Gasteiger partial charge in [0.05, 0.1) is 5.01 Å². The van der Waals surface area contributed by atoms with Gasteiger partial charge in [0.2, 0.25) is 0 Å².